The van der Waals surface area contributed by atoms with Gasteiger partial charge in [-0.25, -0.2) is 0 Å². The molecule has 30 heavy (non-hydrogen) atoms. The second kappa shape index (κ2) is 9.20. The van der Waals surface area contributed by atoms with E-state index in [2.05, 4.69) is 59.8 Å². The van der Waals surface area contributed by atoms with E-state index in [4.69, 9.17) is 4.74 Å². The van der Waals surface area contributed by atoms with Crippen LogP contribution in [-0.4, -0.2) is 42.4 Å². The van der Waals surface area contributed by atoms with E-state index < -0.39 is 6.10 Å². The topological polar surface area (TPSA) is 69.3 Å². The Labute approximate surface area is 177 Å². The quantitative estimate of drug-likeness (QED) is 0.313. The van der Waals surface area contributed by atoms with Crippen molar-refractivity contribution in [2.45, 2.75) is 20.0 Å². The molecule has 5 nitrogen and oxygen atoms in total. The number of hydrogen-bond acceptors (Lipinski definition) is 4. The molecular weight excluding hydrogens is 374 g/mol. The molecule has 156 valence electrons. The lowest BCUT2D eigenvalue weighted by molar-refractivity contribution is 0.108. The fourth-order valence-corrected chi connectivity index (χ4v) is 3.87. The summed E-state index contributed by atoms with van der Waals surface area (Å²) in [6.07, 6.45) is -0.578. The summed E-state index contributed by atoms with van der Waals surface area (Å²) in [4.78, 5) is 3.41. The molecule has 4 aromatic rings. The van der Waals surface area contributed by atoms with E-state index in [1.165, 1.54) is 16.8 Å². The van der Waals surface area contributed by atoms with Crippen molar-refractivity contribution in [3.05, 3.63) is 71.8 Å². The molecule has 1 heterocycles. The first-order valence-corrected chi connectivity index (χ1v) is 10.4. The normalized spacial score (nSPS) is 12.4. The average Bonchev–Trinajstić information content (AvgIpc) is 3.13. The first kappa shape index (κ1) is 20.3. The smallest absolute Gasteiger partial charge is 0.129 e. The Morgan fingerprint density at radius 1 is 0.900 bits per heavy atom. The number of anilines is 1. The number of para-hydroxylation sites is 2. The van der Waals surface area contributed by atoms with Crippen LogP contribution in [0.2, 0.25) is 0 Å². The van der Waals surface area contributed by atoms with Crippen LogP contribution >= 0.6 is 0 Å². The minimum Gasteiger partial charge on any atom is -0.490 e. The van der Waals surface area contributed by atoms with Crippen LogP contribution in [0.3, 0.4) is 0 Å². The summed E-state index contributed by atoms with van der Waals surface area (Å²) < 4.78 is 5.98. The van der Waals surface area contributed by atoms with Crippen LogP contribution in [0.4, 0.5) is 5.69 Å². The zero-order chi connectivity index (χ0) is 20.9. The molecule has 0 aliphatic heterocycles. The number of benzene rings is 3. The fraction of sp³-hybridized carbons (Fsp3) is 0.280. The summed E-state index contributed by atoms with van der Waals surface area (Å²) in [5, 5.41) is 19.3. The predicted octanol–water partition coefficient (Wildman–Crippen LogP) is 4.38. The highest BCUT2D eigenvalue weighted by Crippen LogP contribution is 2.32. The molecular formula is C25H29N3O2. The fourth-order valence-electron chi connectivity index (χ4n) is 3.87. The third-order valence-corrected chi connectivity index (χ3v) is 5.39. The zero-order valence-corrected chi connectivity index (χ0v) is 17.5. The van der Waals surface area contributed by atoms with Crippen LogP contribution in [-0.2, 0) is 0 Å². The van der Waals surface area contributed by atoms with Crippen LogP contribution < -0.4 is 15.4 Å². The maximum absolute atomic E-state index is 10.3. The summed E-state index contributed by atoms with van der Waals surface area (Å²) in [5.41, 5.74) is 5.81. The Bertz CT molecular complexity index is 1120. The van der Waals surface area contributed by atoms with Gasteiger partial charge in [0.25, 0.3) is 0 Å². The SMILES string of the molecule is Cc1cccc(C)c1NCCNCC(O)COc1cccc2[nH]c3ccccc3c12. The molecule has 0 spiro atoms. The van der Waals surface area contributed by atoms with E-state index in [0.29, 0.717) is 6.54 Å². The van der Waals surface area contributed by atoms with Crippen LogP contribution in [0.1, 0.15) is 11.1 Å². The molecule has 4 rings (SSSR count). The Balaban J connectivity index is 1.27. The van der Waals surface area contributed by atoms with E-state index in [1.54, 1.807) is 0 Å². The first-order valence-electron chi connectivity index (χ1n) is 10.4. The van der Waals surface area contributed by atoms with E-state index in [9.17, 15) is 5.11 Å². The number of aromatic nitrogens is 1. The highest BCUT2D eigenvalue weighted by molar-refractivity contribution is 6.10. The number of aromatic amines is 1. The summed E-state index contributed by atoms with van der Waals surface area (Å²) in [6.45, 7) is 6.52. The van der Waals surface area contributed by atoms with Gasteiger partial charge in [0.15, 0.2) is 0 Å². The second-order valence-corrected chi connectivity index (χ2v) is 7.71. The highest BCUT2D eigenvalue weighted by Gasteiger charge is 2.11. The van der Waals surface area contributed by atoms with Crippen molar-refractivity contribution in [1.29, 1.82) is 0 Å². The van der Waals surface area contributed by atoms with Crippen LogP contribution in [0.25, 0.3) is 21.8 Å². The summed E-state index contributed by atoms with van der Waals surface area (Å²) >= 11 is 0. The first-order chi connectivity index (χ1) is 14.6. The van der Waals surface area contributed by atoms with Gasteiger partial charge in [0.1, 0.15) is 18.5 Å². The Morgan fingerprint density at radius 3 is 2.47 bits per heavy atom. The van der Waals surface area contributed by atoms with Crippen molar-refractivity contribution in [1.82, 2.24) is 10.3 Å². The van der Waals surface area contributed by atoms with Crippen LogP contribution in [0.15, 0.2) is 60.7 Å². The lowest BCUT2D eigenvalue weighted by Crippen LogP contribution is -2.34. The number of aliphatic hydroxyl groups excluding tert-OH is 1. The van der Waals surface area contributed by atoms with E-state index in [0.717, 1.165) is 40.6 Å². The third kappa shape index (κ3) is 4.42. The van der Waals surface area contributed by atoms with E-state index >= 15 is 0 Å². The molecule has 0 saturated carbocycles. The lowest BCUT2D eigenvalue weighted by atomic mass is 10.1. The maximum atomic E-state index is 10.3. The van der Waals surface area contributed by atoms with E-state index in [1.807, 2.05) is 30.3 Å². The maximum Gasteiger partial charge on any atom is 0.129 e. The largest absolute Gasteiger partial charge is 0.490 e. The molecule has 0 bridgehead atoms. The number of nitrogens with one attached hydrogen (secondary N) is 3. The molecule has 0 aliphatic rings. The number of ether oxygens (including phenoxy) is 1. The van der Waals surface area contributed by atoms with Gasteiger partial charge in [-0.05, 0) is 43.2 Å². The summed E-state index contributed by atoms with van der Waals surface area (Å²) in [7, 11) is 0. The van der Waals surface area contributed by atoms with Gasteiger partial charge >= 0.3 is 0 Å². The second-order valence-electron chi connectivity index (χ2n) is 7.71. The number of aryl methyl sites for hydroxylation is 2. The molecule has 0 fully saturated rings. The minimum absolute atomic E-state index is 0.246. The number of rotatable bonds is 9. The molecule has 0 amide bonds. The molecule has 3 aromatic carbocycles. The highest BCUT2D eigenvalue weighted by atomic mass is 16.5. The third-order valence-electron chi connectivity index (χ3n) is 5.39. The Hall–Kier alpha value is -3.02. The van der Waals surface area contributed by atoms with Crippen molar-refractivity contribution >= 4 is 27.5 Å². The van der Waals surface area contributed by atoms with E-state index in [-0.39, 0.29) is 6.61 Å². The van der Waals surface area contributed by atoms with Gasteiger partial charge in [-0.15, -0.1) is 0 Å². The Morgan fingerprint density at radius 2 is 1.63 bits per heavy atom. The van der Waals surface area contributed by atoms with Crippen LogP contribution in [0.5, 0.6) is 5.75 Å². The molecule has 0 aliphatic carbocycles. The average molecular weight is 404 g/mol. The molecule has 5 heteroatoms. The number of H-pyrrole nitrogens is 1. The van der Waals surface area contributed by atoms with Gasteiger partial charge < -0.3 is 25.5 Å². The summed E-state index contributed by atoms with van der Waals surface area (Å²) in [5.74, 6) is 0.792. The summed E-state index contributed by atoms with van der Waals surface area (Å²) in [6, 6.07) is 20.4. The van der Waals surface area contributed by atoms with Gasteiger partial charge in [0.2, 0.25) is 0 Å². The van der Waals surface area contributed by atoms with Gasteiger partial charge in [-0.3, -0.25) is 0 Å². The lowest BCUT2D eigenvalue weighted by Gasteiger charge is -2.15. The van der Waals surface area contributed by atoms with Gasteiger partial charge in [0.05, 0.1) is 5.52 Å². The minimum atomic E-state index is -0.578. The van der Waals surface area contributed by atoms with Gasteiger partial charge in [0, 0.05) is 41.6 Å². The zero-order valence-electron chi connectivity index (χ0n) is 17.5. The van der Waals surface area contributed by atoms with Crippen molar-refractivity contribution in [3.8, 4) is 5.75 Å². The number of hydrogen-bond donors (Lipinski definition) is 4. The number of fused-ring (bicyclic) bond motifs is 3. The van der Waals surface area contributed by atoms with Crippen molar-refractivity contribution in [2.75, 3.05) is 31.6 Å². The Kier molecular flexibility index (Phi) is 6.21. The van der Waals surface area contributed by atoms with Crippen LogP contribution in [0, 0.1) is 13.8 Å². The predicted molar refractivity (Wildman–Crippen MR) is 125 cm³/mol. The molecule has 0 saturated heterocycles. The molecule has 1 aromatic heterocycles. The molecule has 0 radical (unpaired) electrons. The van der Waals surface area contributed by atoms with Crippen molar-refractivity contribution < 1.29 is 9.84 Å². The number of aliphatic hydroxyl groups is 1. The van der Waals surface area contributed by atoms with Gasteiger partial charge in [-0.2, -0.15) is 0 Å². The molecule has 1 unspecified atom stereocenters. The van der Waals surface area contributed by atoms with Crippen molar-refractivity contribution in [2.24, 2.45) is 0 Å². The van der Waals surface area contributed by atoms with Gasteiger partial charge in [-0.1, -0.05) is 42.5 Å². The molecule has 1 atom stereocenters. The molecule has 4 N–H and O–H groups in total. The standard InChI is InChI=1S/C25H29N3O2/c1-17-7-5-8-18(2)25(17)27-14-13-26-15-19(29)16-30-23-12-6-11-22-24(23)20-9-3-4-10-21(20)28-22/h3-12,19,26-29H,13-16H2,1-2H3. The van der Waals surface area contributed by atoms with Crippen molar-refractivity contribution in [3.63, 3.8) is 0 Å². The monoisotopic (exact) mass is 403 g/mol.